The summed E-state index contributed by atoms with van der Waals surface area (Å²) in [6, 6.07) is 3.87. The summed E-state index contributed by atoms with van der Waals surface area (Å²) >= 11 is 0. The highest BCUT2D eigenvalue weighted by Crippen LogP contribution is 2.23. The van der Waals surface area contributed by atoms with E-state index in [1.807, 2.05) is 46.1 Å². The summed E-state index contributed by atoms with van der Waals surface area (Å²) in [5.74, 6) is 1.52. The number of aromatic nitrogens is 3. The number of ether oxygens (including phenoxy) is 1. The average molecular weight is 272 g/mol. The van der Waals surface area contributed by atoms with Gasteiger partial charge in [0.25, 0.3) is 0 Å². The number of nitrogens with one attached hydrogen (secondary N) is 1. The van der Waals surface area contributed by atoms with E-state index in [-0.39, 0.29) is 12.1 Å². The molecule has 0 bridgehead atoms. The van der Waals surface area contributed by atoms with E-state index in [0.717, 1.165) is 22.8 Å². The smallest absolute Gasteiger partial charge is 0.138 e. The molecule has 0 fully saturated rings. The van der Waals surface area contributed by atoms with Crippen molar-refractivity contribution in [2.75, 3.05) is 7.05 Å². The van der Waals surface area contributed by atoms with Crippen LogP contribution >= 0.6 is 0 Å². The van der Waals surface area contributed by atoms with Gasteiger partial charge < -0.3 is 10.1 Å². The Kier molecular flexibility index (Phi) is 4.63. The van der Waals surface area contributed by atoms with Gasteiger partial charge in [0.2, 0.25) is 0 Å². The molecule has 2 rings (SSSR count). The Morgan fingerprint density at radius 3 is 2.70 bits per heavy atom. The SMILES string of the molecule is CNC(c1cncc(OC(C)C)c1)c1ccnc(C)n1. The molecule has 0 aliphatic heterocycles. The highest BCUT2D eigenvalue weighted by molar-refractivity contribution is 5.31. The molecule has 0 aliphatic carbocycles. The van der Waals surface area contributed by atoms with Gasteiger partial charge in [-0.15, -0.1) is 0 Å². The zero-order valence-electron chi connectivity index (χ0n) is 12.3. The lowest BCUT2D eigenvalue weighted by Crippen LogP contribution is -2.20. The van der Waals surface area contributed by atoms with Crippen LogP contribution in [-0.4, -0.2) is 28.1 Å². The number of hydrogen-bond donors (Lipinski definition) is 1. The molecule has 2 aromatic heterocycles. The minimum absolute atomic E-state index is 0.0279. The maximum atomic E-state index is 5.69. The van der Waals surface area contributed by atoms with E-state index in [9.17, 15) is 0 Å². The number of pyridine rings is 1. The van der Waals surface area contributed by atoms with Crippen LogP contribution in [0.15, 0.2) is 30.7 Å². The van der Waals surface area contributed by atoms with Gasteiger partial charge in [-0.2, -0.15) is 0 Å². The topological polar surface area (TPSA) is 59.9 Å². The van der Waals surface area contributed by atoms with Crippen LogP contribution < -0.4 is 10.1 Å². The molecule has 1 unspecified atom stereocenters. The summed E-state index contributed by atoms with van der Waals surface area (Å²) < 4.78 is 5.69. The van der Waals surface area contributed by atoms with Gasteiger partial charge in [0, 0.05) is 12.4 Å². The van der Waals surface area contributed by atoms with E-state index in [1.54, 1.807) is 12.4 Å². The maximum Gasteiger partial charge on any atom is 0.138 e. The highest BCUT2D eigenvalue weighted by atomic mass is 16.5. The Balaban J connectivity index is 2.32. The van der Waals surface area contributed by atoms with Crippen molar-refractivity contribution in [2.24, 2.45) is 0 Å². The molecule has 2 aromatic rings. The molecular formula is C15H20N4O. The monoisotopic (exact) mass is 272 g/mol. The minimum atomic E-state index is -0.0279. The lowest BCUT2D eigenvalue weighted by atomic mass is 10.1. The third-order valence-electron chi connectivity index (χ3n) is 2.82. The predicted octanol–water partition coefficient (Wildman–Crippen LogP) is 2.28. The van der Waals surface area contributed by atoms with Crippen molar-refractivity contribution >= 4 is 0 Å². The highest BCUT2D eigenvalue weighted by Gasteiger charge is 2.15. The summed E-state index contributed by atoms with van der Waals surface area (Å²) in [6.07, 6.45) is 5.44. The average Bonchev–Trinajstić information content (AvgIpc) is 2.39. The lowest BCUT2D eigenvalue weighted by Gasteiger charge is -2.17. The van der Waals surface area contributed by atoms with Gasteiger partial charge in [0.15, 0.2) is 0 Å². The van der Waals surface area contributed by atoms with Gasteiger partial charge in [-0.1, -0.05) is 0 Å². The second-order valence-electron chi connectivity index (χ2n) is 4.87. The van der Waals surface area contributed by atoms with Crippen LogP contribution in [-0.2, 0) is 0 Å². The van der Waals surface area contributed by atoms with Crippen LogP contribution in [0.1, 0.15) is 37.0 Å². The first kappa shape index (κ1) is 14.4. The normalized spacial score (nSPS) is 12.4. The van der Waals surface area contributed by atoms with E-state index in [0.29, 0.717) is 0 Å². The minimum Gasteiger partial charge on any atom is -0.489 e. The summed E-state index contributed by atoms with van der Waals surface area (Å²) in [5, 5.41) is 3.26. The molecule has 106 valence electrons. The van der Waals surface area contributed by atoms with Crippen LogP contribution in [0.4, 0.5) is 0 Å². The van der Waals surface area contributed by atoms with Gasteiger partial charge >= 0.3 is 0 Å². The zero-order valence-corrected chi connectivity index (χ0v) is 12.3. The second-order valence-corrected chi connectivity index (χ2v) is 4.87. The van der Waals surface area contributed by atoms with Crippen LogP contribution in [0.2, 0.25) is 0 Å². The van der Waals surface area contributed by atoms with Crippen molar-refractivity contribution in [3.63, 3.8) is 0 Å². The summed E-state index contributed by atoms with van der Waals surface area (Å²) in [5.41, 5.74) is 1.94. The van der Waals surface area contributed by atoms with E-state index in [1.165, 1.54) is 0 Å². The summed E-state index contributed by atoms with van der Waals surface area (Å²) in [4.78, 5) is 12.8. The van der Waals surface area contributed by atoms with Gasteiger partial charge in [0.05, 0.1) is 24.0 Å². The number of rotatable bonds is 5. The molecule has 2 heterocycles. The molecule has 0 saturated heterocycles. The predicted molar refractivity (Wildman–Crippen MR) is 77.7 cm³/mol. The first-order chi connectivity index (χ1) is 9.60. The zero-order chi connectivity index (χ0) is 14.5. The fraction of sp³-hybridized carbons (Fsp3) is 0.400. The van der Waals surface area contributed by atoms with Crippen molar-refractivity contribution in [1.82, 2.24) is 20.3 Å². The van der Waals surface area contributed by atoms with Gasteiger partial charge in [-0.25, -0.2) is 9.97 Å². The molecule has 0 spiro atoms. The van der Waals surface area contributed by atoms with E-state index in [4.69, 9.17) is 4.74 Å². The number of hydrogen-bond acceptors (Lipinski definition) is 5. The number of aryl methyl sites for hydroxylation is 1. The van der Waals surface area contributed by atoms with Crippen molar-refractivity contribution in [2.45, 2.75) is 32.9 Å². The van der Waals surface area contributed by atoms with E-state index >= 15 is 0 Å². The van der Waals surface area contributed by atoms with Crippen LogP contribution in [0.5, 0.6) is 5.75 Å². The molecule has 0 radical (unpaired) electrons. The van der Waals surface area contributed by atoms with Crippen molar-refractivity contribution in [1.29, 1.82) is 0 Å². The quantitative estimate of drug-likeness (QED) is 0.904. The fourth-order valence-corrected chi connectivity index (χ4v) is 2.05. The van der Waals surface area contributed by atoms with Gasteiger partial charge in [0.1, 0.15) is 11.6 Å². The fourth-order valence-electron chi connectivity index (χ4n) is 2.05. The Hall–Kier alpha value is -2.01. The largest absolute Gasteiger partial charge is 0.489 e. The molecule has 1 atom stereocenters. The van der Waals surface area contributed by atoms with E-state index < -0.39 is 0 Å². The van der Waals surface area contributed by atoms with Crippen molar-refractivity contribution in [3.05, 3.63) is 47.8 Å². The van der Waals surface area contributed by atoms with Gasteiger partial charge in [-0.3, -0.25) is 4.98 Å². The Bertz CT molecular complexity index is 571. The van der Waals surface area contributed by atoms with Crippen molar-refractivity contribution < 1.29 is 4.74 Å². The summed E-state index contributed by atoms with van der Waals surface area (Å²) in [6.45, 7) is 5.87. The Labute approximate surface area is 119 Å². The standard InChI is InChI=1S/C15H20N4O/c1-10(2)20-13-7-12(8-17-9-13)15(16-4)14-5-6-18-11(3)19-14/h5-10,15-16H,1-4H3. The third-order valence-corrected chi connectivity index (χ3v) is 2.82. The first-order valence-electron chi connectivity index (χ1n) is 6.68. The van der Waals surface area contributed by atoms with E-state index in [2.05, 4.69) is 20.3 Å². The maximum absolute atomic E-state index is 5.69. The van der Waals surface area contributed by atoms with Crippen LogP contribution in [0.3, 0.4) is 0 Å². The lowest BCUT2D eigenvalue weighted by molar-refractivity contribution is 0.241. The second kappa shape index (κ2) is 6.43. The molecule has 0 aromatic carbocycles. The summed E-state index contributed by atoms with van der Waals surface area (Å²) in [7, 11) is 1.90. The molecule has 1 N–H and O–H groups in total. The molecule has 5 heteroatoms. The van der Waals surface area contributed by atoms with Crippen LogP contribution in [0, 0.1) is 6.92 Å². The molecule has 0 aliphatic rings. The molecule has 0 saturated carbocycles. The number of nitrogens with zero attached hydrogens (tertiary/aromatic N) is 3. The molecule has 20 heavy (non-hydrogen) atoms. The third kappa shape index (κ3) is 3.51. The molecular weight excluding hydrogens is 252 g/mol. The van der Waals surface area contributed by atoms with Crippen LogP contribution in [0.25, 0.3) is 0 Å². The Morgan fingerprint density at radius 2 is 2.05 bits per heavy atom. The van der Waals surface area contributed by atoms with Crippen molar-refractivity contribution in [3.8, 4) is 5.75 Å². The van der Waals surface area contributed by atoms with Gasteiger partial charge in [-0.05, 0) is 45.5 Å². The Morgan fingerprint density at radius 1 is 1.25 bits per heavy atom. The molecule has 5 nitrogen and oxygen atoms in total. The molecule has 0 amide bonds. The first-order valence-corrected chi connectivity index (χ1v) is 6.68.